The van der Waals surface area contributed by atoms with Gasteiger partial charge in [-0.15, -0.1) is 0 Å². The molecule has 1 atom stereocenters. The molecule has 0 spiro atoms. The Morgan fingerprint density at radius 2 is 2.04 bits per heavy atom. The van der Waals surface area contributed by atoms with Gasteiger partial charge in [0.15, 0.2) is 17.4 Å². The van der Waals surface area contributed by atoms with Crippen molar-refractivity contribution in [2.45, 2.75) is 20.0 Å². The van der Waals surface area contributed by atoms with Gasteiger partial charge in [-0.1, -0.05) is 12.1 Å². The molecule has 0 radical (unpaired) electrons. The van der Waals surface area contributed by atoms with E-state index in [1.165, 1.54) is 13.2 Å². The van der Waals surface area contributed by atoms with Crippen LogP contribution in [0.25, 0.3) is 22.1 Å². The quantitative estimate of drug-likeness (QED) is 0.537. The van der Waals surface area contributed by atoms with Gasteiger partial charge in [0.05, 0.1) is 13.7 Å². The van der Waals surface area contributed by atoms with Gasteiger partial charge in [0.2, 0.25) is 5.58 Å². The molecule has 1 unspecified atom stereocenters. The monoisotopic (exact) mass is 382 g/mol. The van der Waals surface area contributed by atoms with Gasteiger partial charge in [-0.25, -0.2) is 9.37 Å². The van der Waals surface area contributed by atoms with Gasteiger partial charge in [-0.05, 0) is 37.3 Å². The van der Waals surface area contributed by atoms with Crippen LogP contribution in [0.5, 0.6) is 5.75 Å². The number of nitrogens with one attached hydrogen (secondary N) is 2. The second kappa shape index (κ2) is 7.44. The molecule has 0 saturated heterocycles. The molecule has 2 aromatic carbocycles. The highest BCUT2D eigenvalue weighted by Crippen LogP contribution is 2.24. The zero-order valence-corrected chi connectivity index (χ0v) is 15.7. The van der Waals surface area contributed by atoms with Gasteiger partial charge in [-0.2, -0.15) is 0 Å². The lowest BCUT2D eigenvalue weighted by molar-refractivity contribution is -0.926. The van der Waals surface area contributed by atoms with Crippen LogP contribution in [0.15, 0.2) is 51.7 Å². The Hall–Kier alpha value is -3.19. The lowest BCUT2D eigenvalue weighted by Crippen LogP contribution is -3.09. The van der Waals surface area contributed by atoms with Crippen LogP contribution in [0.3, 0.4) is 0 Å². The predicted octanol–water partition coefficient (Wildman–Crippen LogP) is 2.42. The largest absolute Gasteiger partial charge is 0.494 e. The minimum atomic E-state index is -0.381. The molecule has 4 rings (SSSR count). The smallest absolute Gasteiger partial charge is 0.294 e. The number of fused-ring (bicyclic) bond motifs is 3. The fraction of sp³-hybridized carbons (Fsp3) is 0.238. The molecule has 0 saturated carbocycles. The lowest BCUT2D eigenvalue weighted by Gasteiger charge is -2.17. The van der Waals surface area contributed by atoms with E-state index in [-0.39, 0.29) is 22.7 Å². The summed E-state index contributed by atoms with van der Waals surface area (Å²) < 4.78 is 24.6. The summed E-state index contributed by atoms with van der Waals surface area (Å²) in [5, 5.41) is 0.820. The Morgan fingerprint density at radius 1 is 1.21 bits per heavy atom. The van der Waals surface area contributed by atoms with Gasteiger partial charge in [0, 0.05) is 10.9 Å². The van der Waals surface area contributed by atoms with Crippen molar-refractivity contribution in [3.8, 4) is 5.75 Å². The highest BCUT2D eigenvalue weighted by molar-refractivity contribution is 6.01. The number of aromatic nitrogens is 2. The molecule has 0 aliphatic carbocycles. The van der Waals surface area contributed by atoms with Crippen LogP contribution in [0.1, 0.15) is 18.3 Å². The fourth-order valence-electron chi connectivity index (χ4n) is 3.39. The fourth-order valence-corrected chi connectivity index (χ4v) is 3.39. The number of hydrogen-bond donors (Lipinski definition) is 2. The van der Waals surface area contributed by atoms with E-state index in [9.17, 15) is 9.18 Å². The second-order valence-corrected chi connectivity index (χ2v) is 6.71. The van der Waals surface area contributed by atoms with Crippen molar-refractivity contribution in [3.05, 3.63) is 70.0 Å². The highest BCUT2D eigenvalue weighted by Gasteiger charge is 2.16. The Labute approximate surface area is 160 Å². The molecule has 0 fully saturated rings. The number of furan rings is 1. The van der Waals surface area contributed by atoms with Gasteiger partial charge < -0.3 is 19.0 Å². The van der Waals surface area contributed by atoms with Crippen LogP contribution >= 0.6 is 0 Å². The summed E-state index contributed by atoms with van der Waals surface area (Å²) in [4.78, 5) is 21.0. The van der Waals surface area contributed by atoms with E-state index in [1.54, 1.807) is 6.07 Å². The van der Waals surface area contributed by atoms with Gasteiger partial charge >= 0.3 is 0 Å². The number of quaternary nitrogens is 1. The molecular formula is C21H21FN3O3+. The van der Waals surface area contributed by atoms with Crippen molar-refractivity contribution in [1.29, 1.82) is 0 Å². The number of hydrogen-bond acceptors (Lipinski definition) is 4. The van der Waals surface area contributed by atoms with Gasteiger partial charge in [0.1, 0.15) is 24.2 Å². The number of rotatable bonds is 6. The average molecular weight is 382 g/mol. The molecule has 0 aliphatic rings. The molecule has 0 aliphatic heterocycles. The van der Waals surface area contributed by atoms with Crippen LogP contribution < -0.4 is 15.2 Å². The summed E-state index contributed by atoms with van der Waals surface area (Å²) >= 11 is 0. The van der Waals surface area contributed by atoms with Crippen LogP contribution in [-0.4, -0.2) is 23.6 Å². The molecule has 2 aromatic heterocycles. The topological polar surface area (TPSA) is 72.6 Å². The highest BCUT2D eigenvalue weighted by atomic mass is 19.1. The number of benzene rings is 2. The van der Waals surface area contributed by atoms with Crippen LogP contribution in [0, 0.1) is 5.82 Å². The second-order valence-electron chi connectivity index (χ2n) is 6.71. The average Bonchev–Trinajstić information content (AvgIpc) is 3.07. The van der Waals surface area contributed by atoms with Crippen molar-refractivity contribution in [2.24, 2.45) is 0 Å². The summed E-state index contributed by atoms with van der Waals surface area (Å²) in [7, 11) is 1.44. The van der Waals surface area contributed by atoms with Crippen molar-refractivity contribution in [1.82, 2.24) is 9.97 Å². The van der Waals surface area contributed by atoms with Crippen molar-refractivity contribution in [2.75, 3.05) is 13.7 Å². The van der Waals surface area contributed by atoms with E-state index in [2.05, 4.69) is 9.97 Å². The number of aromatic amines is 1. The molecular weight excluding hydrogens is 361 g/mol. The Bertz CT molecular complexity index is 1200. The minimum absolute atomic E-state index is 0.227. The van der Waals surface area contributed by atoms with E-state index in [4.69, 9.17) is 9.15 Å². The van der Waals surface area contributed by atoms with E-state index in [0.717, 1.165) is 22.4 Å². The summed E-state index contributed by atoms with van der Waals surface area (Å²) in [6.45, 7) is 3.95. The number of H-pyrrole nitrogens is 1. The first-order valence-electron chi connectivity index (χ1n) is 9.15. The molecule has 144 valence electrons. The standard InChI is InChI=1S/C21H20FN3O3/c1-3-25(11-13-8-9-17(27-2)15(22)10-13)12-18-23-19-14-6-4-5-7-16(14)28-20(19)21(26)24-18/h4-10H,3,11-12H2,1-2H3,(H,23,24,26)/p+1. The van der Waals surface area contributed by atoms with Gasteiger partial charge in [0.25, 0.3) is 5.56 Å². The maximum absolute atomic E-state index is 14.0. The third-order valence-electron chi connectivity index (χ3n) is 4.87. The van der Waals surface area contributed by atoms with Crippen LogP contribution in [0.2, 0.25) is 0 Å². The zero-order chi connectivity index (χ0) is 19.7. The number of methoxy groups -OCH3 is 1. The van der Waals surface area contributed by atoms with Crippen LogP contribution in [-0.2, 0) is 13.1 Å². The number of ether oxygens (including phenoxy) is 1. The molecule has 6 nitrogen and oxygen atoms in total. The molecule has 2 N–H and O–H groups in total. The maximum atomic E-state index is 14.0. The third-order valence-corrected chi connectivity index (χ3v) is 4.87. The Morgan fingerprint density at radius 3 is 2.79 bits per heavy atom. The molecule has 0 amide bonds. The molecule has 4 aromatic rings. The first-order valence-corrected chi connectivity index (χ1v) is 9.15. The SMILES string of the molecule is CC[NH+](Cc1ccc(OC)c(F)c1)Cc1nc2c(oc3ccccc32)c(=O)[nH]1. The molecule has 7 heteroatoms. The predicted molar refractivity (Wildman–Crippen MR) is 104 cm³/mol. The summed E-state index contributed by atoms with van der Waals surface area (Å²) in [6.07, 6.45) is 0. The summed E-state index contributed by atoms with van der Waals surface area (Å²) in [5.41, 5.74) is 2.01. The number of nitrogens with zero attached hydrogens (tertiary/aromatic N) is 1. The number of halogens is 1. The van der Waals surface area contributed by atoms with E-state index in [0.29, 0.717) is 30.0 Å². The van der Waals surface area contributed by atoms with Crippen molar-refractivity contribution >= 4 is 22.1 Å². The third kappa shape index (κ3) is 3.36. The van der Waals surface area contributed by atoms with E-state index >= 15 is 0 Å². The molecule has 0 bridgehead atoms. The van der Waals surface area contributed by atoms with Crippen molar-refractivity contribution < 1.29 is 18.4 Å². The zero-order valence-electron chi connectivity index (χ0n) is 15.7. The summed E-state index contributed by atoms with van der Waals surface area (Å²) in [6, 6.07) is 12.4. The molecule has 28 heavy (non-hydrogen) atoms. The minimum Gasteiger partial charge on any atom is -0.494 e. The first kappa shape index (κ1) is 18.2. The van der Waals surface area contributed by atoms with Crippen LogP contribution in [0.4, 0.5) is 4.39 Å². The van der Waals surface area contributed by atoms with Crippen molar-refractivity contribution in [3.63, 3.8) is 0 Å². The van der Waals surface area contributed by atoms with Gasteiger partial charge in [-0.3, -0.25) is 4.79 Å². The van der Waals surface area contributed by atoms with E-state index < -0.39 is 0 Å². The van der Waals surface area contributed by atoms with E-state index in [1.807, 2.05) is 37.3 Å². The Balaban J connectivity index is 1.63. The maximum Gasteiger partial charge on any atom is 0.294 e. The summed E-state index contributed by atoms with van der Waals surface area (Å²) in [5.74, 6) is 0.424. The number of para-hydroxylation sites is 1. The Kier molecular flexibility index (Phi) is 4.83. The lowest BCUT2D eigenvalue weighted by atomic mass is 10.2. The normalized spacial score (nSPS) is 12.5. The molecule has 2 heterocycles. The first-order chi connectivity index (χ1) is 13.6.